The molecule has 0 radical (unpaired) electrons. The monoisotopic (exact) mass is 337 g/mol. The molecular formula is C18H21F2NO3. The molecule has 0 aliphatic heterocycles. The van der Waals surface area contributed by atoms with E-state index in [1.807, 2.05) is 31.2 Å². The summed E-state index contributed by atoms with van der Waals surface area (Å²) in [6.07, 6.45) is -0.685. The van der Waals surface area contributed by atoms with E-state index in [0.717, 1.165) is 11.1 Å². The summed E-state index contributed by atoms with van der Waals surface area (Å²) in [5.41, 5.74) is 2.40. The maximum Gasteiger partial charge on any atom is 0.387 e. The van der Waals surface area contributed by atoms with Crippen molar-refractivity contribution in [1.82, 2.24) is 5.32 Å². The number of halogens is 2. The highest BCUT2D eigenvalue weighted by molar-refractivity contribution is 5.40. The first-order valence-electron chi connectivity index (χ1n) is 7.56. The number of hydrogen-bond donors (Lipinski definition) is 2. The highest BCUT2D eigenvalue weighted by Crippen LogP contribution is 2.25. The van der Waals surface area contributed by atoms with Gasteiger partial charge in [-0.3, -0.25) is 0 Å². The van der Waals surface area contributed by atoms with Crippen molar-refractivity contribution in [3.8, 4) is 11.5 Å². The first-order chi connectivity index (χ1) is 11.5. The molecule has 2 rings (SSSR count). The van der Waals surface area contributed by atoms with E-state index in [-0.39, 0.29) is 18.8 Å². The van der Waals surface area contributed by atoms with Gasteiger partial charge in [0.05, 0.1) is 13.2 Å². The van der Waals surface area contributed by atoms with Crippen molar-refractivity contribution in [2.75, 3.05) is 13.7 Å². The Morgan fingerprint density at radius 2 is 1.96 bits per heavy atom. The molecule has 2 N–H and O–H groups in total. The molecule has 4 nitrogen and oxygen atoms in total. The summed E-state index contributed by atoms with van der Waals surface area (Å²) in [6.45, 7) is -0.389. The van der Waals surface area contributed by atoms with E-state index in [1.54, 1.807) is 12.1 Å². The zero-order chi connectivity index (χ0) is 17.5. The molecule has 0 aromatic heterocycles. The Balaban J connectivity index is 2.00. The molecule has 0 heterocycles. The minimum atomic E-state index is -2.89. The smallest absolute Gasteiger partial charge is 0.387 e. The van der Waals surface area contributed by atoms with Crippen molar-refractivity contribution in [3.63, 3.8) is 0 Å². The molecule has 6 heteroatoms. The van der Waals surface area contributed by atoms with Gasteiger partial charge in [-0.05, 0) is 30.7 Å². The largest absolute Gasteiger partial charge is 0.497 e. The molecule has 0 spiro atoms. The fourth-order valence-electron chi connectivity index (χ4n) is 2.37. The van der Waals surface area contributed by atoms with Crippen LogP contribution >= 0.6 is 0 Å². The zero-order valence-corrected chi connectivity index (χ0v) is 13.6. The fraction of sp³-hybridized carbons (Fsp3) is 0.333. The Labute approximate surface area is 140 Å². The normalized spacial score (nSPS) is 12.2. The van der Waals surface area contributed by atoms with Crippen LogP contribution in [0.2, 0.25) is 0 Å². The third-order valence-electron chi connectivity index (χ3n) is 3.56. The third-order valence-corrected chi connectivity index (χ3v) is 3.56. The zero-order valence-electron chi connectivity index (χ0n) is 13.6. The van der Waals surface area contributed by atoms with Gasteiger partial charge in [-0.25, -0.2) is 0 Å². The SMILES string of the molecule is COc1ccc(OC(F)F)c(CNCC(O)c2cccc(C)c2)c1. The predicted octanol–water partition coefficient (Wildman–Crippen LogP) is 3.43. The van der Waals surface area contributed by atoms with Crippen LogP contribution in [0.3, 0.4) is 0 Å². The van der Waals surface area contributed by atoms with Crippen LogP contribution in [-0.2, 0) is 6.54 Å². The van der Waals surface area contributed by atoms with Gasteiger partial charge in [0.1, 0.15) is 11.5 Å². The minimum absolute atomic E-state index is 0.0864. The molecule has 2 aromatic rings. The number of hydrogen-bond acceptors (Lipinski definition) is 4. The molecule has 2 aromatic carbocycles. The lowest BCUT2D eigenvalue weighted by molar-refractivity contribution is -0.0505. The van der Waals surface area contributed by atoms with E-state index in [9.17, 15) is 13.9 Å². The summed E-state index contributed by atoms with van der Waals surface area (Å²) >= 11 is 0. The lowest BCUT2D eigenvalue weighted by Gasteiger charge is -2.15. The summed E-state index contributed by atoms with van der Waals surface area (Å²) in [5, 5.41) is 13.3. The first-order valence-corrected chi connectivity index (χ1v) is 7.56. The molecule has 1 unspecified atom stereocenters. The molecular weight excluding hydrogens is 316 g/mol. The van der Waals surface area contributed by atoms with Crippen LogP contribution in [0.4, 0.5) is 8.78 Å². The Morgan fingerprint density at radius 3 is 2.62 bits per heavy atom. The van der Waals surface area contributed by atoms with Crippen molar-refractivity contribution in [2.24, 2.45) is 0 Å². The first kappa shape index (κ1) is 18.2. The lowest BCUT2D eigenvalue weighted by atomic mass is 10.1. The number of alkyl halides is 2. The average molecular weight is 337 g/mol. The number of methoxy groups -OCH3 is 1. The van der Waals surface area contributed by atoms with Gasteiger partial charge in [0.15, 0.2) is 0 Å². The van der Waals surface area contributed by atoms with Crippen molar-refractivity contribution in [3.05, 3.63) is 59.2 Å². The van der Waals surface area contributed by atoms with Crippen molar-refractivity contribution >= 4 is 0 Å². The Morgan fingerprint density at radius 1 is 1.17 bits per heavy atom. The number of aryl methyl sites for hydroxylation is 1. The summed E-state index contributed by atoms with van der Waals surface area (Å²) in [4.78, 5) is 0. The molecule has 0 aliphatic carbocycles. The number of nitrogens with one attached hydrogen (secondary N) is 1. The number of ether oxygens (including phenoxy) is 2. The molecule has 0 saturated heterocycles. The lowest BCUT2D eigenvalue weighted by Crippen LogP contribution is -2.21. The van der Waals surface area contributed by atoms with E-state index < -0.39 is 12.7 Å². The van der Waals surface area contributed by atoms with Crippen LogP contribution in [0.1, 0.15) is 22.8 Å². The Bertz CT molecular complexity index is 664. The molecule has 24 heavy (non-hydrogen) atoms. The summed E-state index contributed by atoms with van der Waals surface area (Å²) < 4.78 is 34.6. The van der Waals surface area contributed by atoms with E-state index in [1.165, 1.54) is 13.2 Å². The van der Waals surface area contributed by atoms with Gasteiger partial charge in [0.25, 0.3) is 0 Å². The molecule has 1 atom stereocenters. The Kier molecular flexibility index (Phi) is 6.52. The van der Waals surface area contributed by atoms with Gasteiger partial charge in [0, 0.05) is 18.7 Å². The number of rotatable bonds is 8. The van der Waals surface area contributed by atoms with Crippen LogP contribution in [0.25, 0.3) is 0 Å². The highest BCUT2D eigenvalue weighted by atomic mass is 19.3. The van der Waals surface area contributed by atoms with E-state index in [4.69, 9.17) is 4.74 Å². The number of aliphatic hydroxyl groups is 1. The van der Waals surface area contributed by atoms with Crippen molar-refractivity contribution in [2.45, 2.75) is 26.2 Å². The summed E-state index contributed by atoms with van der Waals surface area (Å²) in [6, 6.07) is 12.2. The fourth-order valence-corrected chi connectivity index (χ4v) is 2.37. The quantitative estimate of drug-likeness (QED) is 0.775. The number of benzene rings is 2. The standard InChI is InChI=1S/C18H21F2NO3/c1-12-4-3-5-13(8-12)16(22)11-21-10-14-9-15(23-2)6-7-17(14)24-18(19)20/h3-9,16,18,21-22H,10-11H2,1-2H3. The Hall–Kier alpha value is -2.18. The van der Waals surface area contributed by atoms with Crippen LogP contribution in [-0.4, -0.2) is 25.4 Å². The molecule has 0 amide bonds. The predicted molar refractivity (Wildman–Crippen MR) is 87.5 cm³/mol. The van der Waals surface area contributed by atoms with E-state index in [2.05, 4.69) is 10.1 Å². The minimum Gasteiger partial charge on any atom is -0.497 e. The maximum absolute atomic E-state index is 12.5. The van der Waals surface area contributed by atoms with Crippen LogP contribution in [0.5, 0.6) is 11.5 Å². The van der Waals surface area contributed by atoms with Gasteiger partial charge in [0.2, 0.25) is 0 Å². The topological polar surface area (TPSA) is 50.7 Å². The van der Waals surface area contributed by atoms with E-state index in [0.29, 0.717) is 11.3 Å². The van der Waals surface area contributed by atoms with E-state index >= 15 is 0 Å². The second kappa shape index (κ2) is 8.61. The van der Waals surface area contributed by atoms with Gasteiger partial charge in [-0.2, -0.15) is 8.78 Å². The third kappa shape index (κ3) is 5.18. The summed E-state index contributed by atoms with van der Waals surface area (Å²) in [7, 11) is 1.50. The summed E-state index contributed by atoms with van der Waals surface area (Å²) in [5.74, 6) is 0.635. The average Bonchev–Trinajstić information content (AvgIpc) is 2.55. The second-order valence-corrected chi connectivity index (χ2v) is 5.41. The van der Waals surface area contributed by atoms with Gasteiger partial charge in [-0.1, -0.05) is 29.8 Å². The highest BCUT2D eigenvalue weighted by Gasteiger charge is 2.12. The molecule has 0 fully saturated rings. The van der Waals surface area contributed by atoms with Gasteiger partial charge in [-0.15, -0.1) is 0 Å². The second-order valence-electron chi connectivity index (χ2n) is 5.41. The van der Waals surface area contributed by atoms with Crippen molar-refractivity contribution in [1.29, 1.82) is 0 Å². The van der Waals surface area contributed by atoms with Crippen LogP contribution in [0.15, 0.2) is 42.5 Å². The van der Waals surface area contributed by atoms with Crippen molar-refractivity contribution < 1.29 is 23.4 Å². The molecule has 130 valence electrons. The van der Waals surface area contributed by atoms with Crippen LogP contribution in [0, 0.1) is 6.92 Å². The van der Waals surface area contributed by atoms with Crippen LogP contribution < -0.4 is 14.8 Å². The maximum atomic E-state index is 12.5. The number of aliphatic hydroxyl groups excluding tert-OH is 1. The van der Waals surface area contributed by atoms with Gasteiger partial charge < -0.3 is 19.9 Å². The van der Waals surface area contributed by atoms with Gasteiger partial charge >= 0.3 is 6.61 Å². The molecule has 0 saturated carbocycles. The molecule has 0 aliphatic rings. The molecule has 0 bridgehead atoms.